The first-order valence-electron chi connectivity index (χ1n) is 20.0. The van der Waals surface area contributed by atoms with Gasteiger partial charge in [0, 0.05) is 16.3 Å². The average Bonchev–Trinajstić information content (AvgIpc) is 3.63. The highest BCUT2D eigenvalue weighted by molar-refractivity contribution is 6.27. The third kappa shape index (κ3) is 4.09. The van der Waals surface area contributed by atoms with Gasteiger partial charge >= 0.3 is 0 Å². The maximum Gasteiger partial charge on any atom is 0.136 e. The van der Waals surface area contributed by atoms with E-state index in [2.05, 4.69) is 0 Å². The van der Waals surface area contributed by atoms with Crippen molar-refractivity contribution in [2.24, 2.45) is 0 Å². The predicted molar refractivity (Wildman–Crippen MR) is 190 cm³/mol. The minimum absolute atomic E-state index is 0.00726. The molecule has 1 nitrogen and oxygen atoms in total. The fraction of sp³-hybridized carbons (Fsp3) is 0. The van der Waals surface area contributed by atoms with Crippen molar-refractivity contribution in [2.45, 2.75) is 0 Å². The molecule has 0 aliphatic heterocycles. The second-order valence-electron chi connectivity index (χ2n) is 10.8. The highest BCUT2D eigenvalue weighted by Crippen LogP contribution is 2.50. The molecule has 210 valence electrons. The molecule has 0 amide bonds. The molecule has 0 atom stereocenters. The van der Waals surface area contributed by atoms with E-state index in [9.17, 15) is 2.74 Å². The van der Waals surface area contributed by atoms with Crippen LogP contribution in [0.25, 0.3) is 88.0 Å². The SMILES string of the molecule is [2H]c1c([2H])c([2H])c(-c2ccc(-c3c4ccccc4c(-c4c(-c5ccccc5)c([2H])c([2H])c5oc6c([2H])c([2H])c([2H])c([2H])c6c45)c4ccccc34)cc2)c([2H])c1[2H]. The summed E-state index contributed by atoms with van der Waals surface area (Å²) in [6.45, 7) is 0. The first kappa shape index (κ1) is 16.8. The monoisotopic (exact) mass is 583 g/mol. The summed E-state index contributed by atoms with van der Waals surface area (Å²) in [7, 11) is 0. The Morgan fingerprint density at radius 3 is 1.62 bits per heavy atom. The number of furan rings is 1. The second-order valence-corrected chi connectivity index (χ2v) is 10.8. The molecule has 0 fully saturated rings. The average molecular weight is 584 g/mol. The van der Waals surface area contributed by atoms with Gasteiger partial charge in [-0.1, -0.05) is 158 Å². The van der Waals surface area contributed by atoms with Crippen LogP contribution < -0.4 is 0 Å². The van der Waals surface area contributed by atoms with Crippen molar-refractivity contribution in [3.8, 4) is 44.5 Å². The van der Waals surface area contributed by atoms with Gasteiger partial charge in [-0.05, 0) is 72.6 Å². The summed E-state index contributed by atoms with van der Waals surface area (Å²) in [5, 5.41) is 3.67. The van der Waals surface area contributed by atoms with Gasteiger partial charge in [0.25, 0.3) is 0 Å². The third-order valence-corrected chi connectivity index (χ3v) is 8.34. The zero-order valence-electron chi connectivity index (χ0n) is 34.7. The van der Waals surface area contributed by atoms with Gasteiger partial charge in [0.15, 0.2) is 0 Å². The van der Waals surface area contributed by atoms with E-state index >= 15 is 0 Å². The minimum Gasteiger partial charge on any atom is -0.456 e. The number of benzene rings is 8. The van der Waals surface area contributed by atoms with E-state index in [0.29, 0.717) is 33.2 Å². The zero-order chi connectivity index (χ0) is 39.3. The lowest BCUT2D eigenvalue weighted by Crippen LogP contribution is -1.93. The quantitative estimate of drug-likeness (QED) is 0.188. The van der Waals surface area contributed by atoms with Crippen LogP contribution in [0, 0.1) is 0 Å². The Kier molecular flexibility index (Phi) is 3.87. The molecule has 1 aromatic heterocycles. The lowest BCUT2D eigenvalue weighted by molar-refractivity contribution is 0.669. The van der Waals surface area contributed by atoms with Crippen molar-refractivity contribution in [3.63, 3.8) is 0 Å². The molecule has 0 unspecified atom stereocenters. The van der Waals surface area contributed by atoms with Gasteiger partial charge in [0.2, 0.25) is 0 Å². The smallest absolute Gasteiger partial charge is 0.136 e. The first-order chi connectivity index (χ1) is 26.9. The number of hydrogen-bond donors (Lipinski definition) is 0. The van der Waals surface area contributed by atoms with Crippen molar-refractivity contribution < 1.29 is 19.5 Å². The molecule has 0 radical (unpaired) electrons. The van der Waals surface area contributed by atoms with Crippen LogP contribution >= 0.6 is 0 Å². The normalized spacial score (nSPS) is 15.0. The second kappa shape index (κ2) is 10.4. The lowest BCUT2D eigenvalue weighted by Gasteiger charge is -2.20. The Bertz CT molecular complexity index is 3050. The fourth-order valence-electron chi connectivity index (χ4n) is 6.43. The molecule has 0 saturated carbocycles. The summed E-state index contributed by atoms with van der Waals surface area (Å²) in [5.74, 6) is 0. The van der Waals surface area contributed by atoms with Crippen LogP contribution in [0.4, 0.5) is 0 Å². The van der Waals surface area contributed by atoms with Crippen LogP contribution in [0.1, 0.15) is 15.1 Å². The summed E-state index contributed by atoms with van der Waals surface area (Å²) < 4.78 is 101. The Labute approximate surface area is 277 Å². The minimum atomic E-state index is -0.457. The van der Waals surface area contributed by atoms with Gasteiger partial charge in [-0.25, -0.2) is 0 Å². The molecular weight excluding hydrogens is 544 g/mol. The number of fused-ring (bicyclic) bond motifs is 5. The maximum absolute atomic E-state index is 9.45. The Morgan fingerprint density at radius 2 is 0.933 bits per heavy atom. The molecule has 0 aliphatic rings. The summed E-state index contributed by atoms with van der Waals surface area (Å²) >= 11 is 0. The molecule has 0 aliphatic carbocycles. The van der Waals surface area contributed by atoms with E-state index in [4.69, 9.17) is 16.8 Å². The molecule has 1 heterocycles. The third-order valence-electron chi connectivity index (χ3n) is 8.34. The van der Waals surface area contributed by atoms with Crippen LogP contribution in [0.15, 0.2) is 174 Å². The Balaban J connectivity index is 1.43. The molecule has 9 aromatic rings. The first-order valence-corrected chi connectivity index (χ1v) is 14.5. The van der Waals surface area contributed by atoms with E-state index < -0.39 is 30.2 Å². The summed E-state index contributed by atoms with van der Waals surface area (Å²) in [6, 6.07) is 28.3. The van der Waals surface area contributed by atoms with Gasteiger partial charge in [-0.15, -0.1) is 0 Å². The number of rotatable bonds is 4. The van der Waals surface area contributed by atoms with Crippen molar-refractivity contribution in [2.75, 3.05) is 0 Å². The van der Waals surface area contributed by atoms with Gasteiger partial charge < -0.3 is 4.42 Å². The highest BCUT2D eigenvalue weighted by Gasteiger charge is 2.23. The Hall–Kier alpha value is -5.92. The fourth-order valence-corrected chi connectivity index (χ4v) is 6.43. The molecule has 9 rings (SSSR count). The van der Waals surface area contributed by atoms with Crippen molar-refractivity contribution in [1.29, 1.82) is 0 Å². The summed E-state index contributed by atoms with van der Waals surface area (Å²) in [6.07, 6.45) is 0. The van der Waals surface area contributed by atoms with E-state index in [1.54, 1.807) is 12.1 Å². The lowest BCUT2D eigenvalue weighted by atomic mass is 9.82. The van der Waals surface area contributed by atoms with Crippen molar-refractivity contribution >= 4 is 43.5 Å². The van der Waals surface area contributed by atoms with Crippen LogP contribution in [0.2, 0.25) is 0 Å². The van der Waals surface area contributed by atoms with E-state index in [-0.39, 0.29) is 58.4 Å². The molecule has 0 N–H and O–H groups in total. The summed E-state index contributed by atoms with van der Waals surface area (Å²) in [4.78, 5) is 0. The van der Waals surface area contributed by atoms with Gasteiger partial charge in [-0.3, -0.25) is 0 Å². The zero-order valence-corrected chi connectivity index (χ0v) is 23.7. The number of para-hydroxylation sites is 1. The van der Waals surface area contributed by atoms with E-state index in [1.165, 1.54) is 0 Å². The predicted octanol–water partition coefficient (Wildman–Crippen LogP) is 12.6. The van der Waals surface area contributed by atoms with E-state index in [1.807, 2.05) is 91.0 Å². The van der Waals surface area contributed by atoms with Crippen molar-refractivity contribution in [1.82, 2.24) is 0 Å². The van der Waals surface area contributed by atoms with Crippen molar-refractivity contribution in [3.05, 3.63) is 170 Å². The Morgan fingerprint density at radius 1 is 0.356 bits per heavy atom. The van der Waals surface area contributed by atoms with Gasteiger partial charge in [0.05, 0.1) is 15.1 Å². The highest BCUT2D eigenvalue weighted by atomic mass is 16.3. The molecule has 0 spiro atoms. The van der Waals surface area contributed by atoms with E-state index in [0.717, 1.165) is 32.7 Å². The van der Waals surface area contributed by atoms with Crippen LogP contribution in [-0.4, -0.2) is 0 Å². The van der Waals surface area contributed by atoms with Gasteiger partial charge in [0.1, 0.15) is 11.2 Å². The number of hydrogen-bond acceptors (Lipinski definition) is 1. The largest absolute Gasteiger partial charge is 0.456 e. The molecule has 1 heteroatoms. The molecular formula is C44H28O. The maximum atomic E-state index is 9.45. The van der Waals surface area contributed by atoms with Crippen LogP contribution in [0.3, 0.4) is 0 Å². The molecule has 45 heavy (non-hydrogen) atoms. The van der Waals surface area contributed by atoms with Crippen LogP contribution in [-0.2, 0) is 0 Å². The molecule has 0 saturated heterocycles. The molecule has 0 bridgehead atoms. The summed E-state index contributed by atoms with van der Waals surface area (Å²) in [5.41, 5.74) is 4.44. The topological polar surface area (TPSA) is 13.1 Å². The molecule has 8 aromatic carbocycles. The standard InChI is InChI=1S/C44H28O/c1-3-13-29(14-4-1)30-23-25-32(26-24-30)41-34-17-7-9-19-36(34)42(37-20-10-8-18-35(37)41)44-33(31-15-5-2-6-16-31)27-28-40-43(44)38-21-11-12-22-39(38)45-40/h1-28H/i1D,3D,4D,11D,12D,13D,14D,21D,22D,27D,28D. The van der Waals surface area contributed by atoms with Gasteiger partial charge in [-0.2, -0.15) is 0 Å². The van der Waals surface area contributed by atoms with Crippen LogP contribution in [0.5, 0.6) is 0 Å².